The van der Waals surface area contributed by atoms with Gasteiger partial charge in [0, 0.05) is 18.5 Å². The number of pyridine rings is 1. The second kappa shape index (κ2) is 10.6. The molecule has 0 unspecified atom stereocenters. The van der Waals surface area contributed by atoms with Crippen molar-refractivity contribution in [2.24, 2.45) is 0 Å². The van der Waals surface area contributed by atoms with Crippen molar-refractivity contribution in [3.8, 4) is 0 Å². The number of nitrogen functional groups attached to an aromatic ring is 1. The van der Waals surface area contributed by atoms with Gasteiger partial charge in [0.1, 0.15) is 5.52 Å². The number of carbonyl (C=O) groups is 1. The maximum Gasteiger partial charge on any atom is 0.335 e. The number of rotatable bonds is 10. The molecule has 0 bridgehead atoms. The predicted molar refractivity (Wildman–Crippen MR) is 141 cm³/mol. The minimum atomic E-state index is -0.895. The van der Waals surface area contributed by atoms with E-state index in [-0.39, 0.29) is 0 Å². The SMILES string of the molecule is Nc1nc2ccccc2c2c1ncn2CCOCCCc1c(Cc2ccccc2)cccc1C(=O)O. The highest BCUT2D eigenvalue weighted by Crippen LogP contribution is 2.27. The summed E-state index contributed by atoms with van der Waals surface area (Å²) < 4.78 is 7.98. The zero-order valence-corrected chi connectivity index (χ0v) is 19.9. The summed E-state index contributed by atoms with van der Waals surface area (Å²) in [7, 11) is 0. The summed E-state index contributed by atoms with van der Waals surface area (Å²) in [6.07, 6.45) is 3.86. The van der Waals surface area contributed by atoms with E-state index in [0.29, 0.717) is 49.5 Å². The Morgan fingerprint density at radius 3 is 2.61 bits per heavy atom. The highest BCUT2D eigenvalue weighted by atomic mass is 16.5. The molecule has 0 radical (unpaired) electrons. The average Bonchev–Trinajstić information content (AvgIpc) is 3.32. The van der Waals surface area contributed by atoms with E-state index < -0.39 is 5.97 Å². The first-order chi connectivity index (χ1) is 17.6. The van der Waals surface area contributed by atoms with E-state index in [0.717, 1.165) is 39.5 Å². The molecule has 3 N–H and O–H groups in total. The van der Waals surface area contributed by atoms with Gasteiger partial charge in [-0.1, -0.05) is 60.7 Å². The van der Waals surface area contributed by atoms with Gasteiger partial charge in [-0.25, -0.2) is 14.8 Å². The van der Waals surface area contributed by atoms with Crippen LogP contribution in [-0.4, -0.2) is 38.8 Å². The molecule has 7 heteroatoms. The molecule has 2 aromatic heterocycles. The number of aromatic carboxylic acids is 1. The second-order valence-corrected chi connectivity index (χ2v) is 8.78. The third-order valence-electron chi connectivity index (χ3n) is 6.41. The van der Waals surface area contributed by atoms with Crippen LogP contribution in [0.1, 0.15) is 33.5 Å². The topological polar surface area (TPSA) is 103 Å². The first-order valence-corrected chi connectivity index (χ1v) is 12.1. The fraction of sp³-hybridized carbons (Fsp3) is 0.207. The number of benzene rings is 3. The molecule has 182 valence electrons. The van der Waals surface area contributed by atoms with Crippen LogP contribution >= 0.6 is 0 Å². The lowest BCUT2D eigenvalue weighted by molar-refractivity contribution is 0.0695. The largest absolute Gasteiger partial charge is 0.478 e. The van der Waals surface area contributed by atoms with Crippen molar-refractivity contribution in [3.05, 3.63) is 101 Å². The van der Waals surface area contributed by atoms with Gasteiger partial charge in [-0.15, -0.1) is 0 Å². The molecule has 0 atom stereocenters. The summed E-state index contributed by atoms with van der Waals surface area (Å²) in [5.74, 6) is -0.472. The minimum Gasteiger partial charge on any atom is -0.478 e. The third-order valence-corrected chi connectivity index (χ3v) is 6.41. The van der Waals surface area contributed by atoms with Crippen LogP contribution in [0.4, 0.5) is 5.82 Å². The predicted octanol–water partition coefficient (Wildman–Crippen LogP) is 5.11. The molecule has 0 amide bonds. The monoisotopic (exact) mass is 480 g/mol. The normalized spacial score (nSPS) is 11.3. The van der Waals surface area contributed by atoms with Gasteiger partial charge < -0.3 is 20.1 Å². The zero-order chi connectivity index (χ0) is 24.9. The van der Waals surface area contributed by atoms with E-state index in [2.05, 4.69) is 22.1 Å². The molecule has 5 aromatic rings. The van der Waals surface area contributed by atoms with E-state index >= 15 is 0 Å². The number of imidazole rings is 1. The lowest BCUT2D eigenvalue weighted by Crippen LogP contribution is -2.10. The number of para-hydroxylation sites is 1. The quantitative estimate of drug-likeness (QED) is 0.269. The first-order valence-electron chi connectivity index (χ1n) is 12.1. The number of fused-ring (bicyclic) bond motifs is 3. The number of carboxylic acid groups (broad SMARTS) is 1. The number of carboxylic acids is 1. The highest BCUT2D eigenvalue weighted by Gasteiger charge is 2.15. The maximum atomic E-state index is 11.9. The van der Waals surface area contributed by atoms with Gasteiger partial charge in [-0.3, -0.25) is 0 Å². The number of aromatic nitrogens is 3. The minimum absolute atomic E-state index is 0.367. The zero-order valence-electron chi connectivity index (χ0n) is 19.9. The van der Waals surface area contributed by atoms with Gasteiger partial charge in [-0.05, 0) is 48.1 Å². The van der Waals surface area contributed by atoms with Crippen LogP contribution in [0.2, 0.25) is 0 Å². The average molecular weight is 481 g/mol. The number of nitrogens with two attached hydrogens (primary N) is 1. The van der Waals surface area contributed by atoms with Crippen molar-refractivity contribution in [2.45, 2.75) is 25.8 Å². The summed E-state index contributed by atoms with van der Waals surface area (Å²) in [5.41, 5.74) is 12.1. The molecule has 0 fully saturated rings. The van der Waals surface area contributed by atoms with Gasteiger partial charge in [0.25, 0.3) is 0 Å². The molecule has 3 aromatic carbocycles. The standard InChI is InChI=1S/C29H28N4O3/c30-28-26-27(24-11-4-5-14-25(24)32-28)33(19-31-26)15-17-36-16-7-13-22-21(10-6-12-23(22)29(34)35)18-20-8-2-1-3-9-20/h1-6,8-12,14,19H,7,13,15-18H2,(H2,30,32)(H,34,35). The maximum absolute atomic E-state index is 11.9. The lowest BCUT2D eigenvalue weighted by Gasteiger charge is -2.13. The van der Waals surface area contributed by atoms with Gasteiger partial charge >= 0.3 is 5.97 Å². The highest BCUT2D eigenvalue weighted by molar-refractivity contribution is 6.06. The second-order valence-electron chi connectivity index (χ2n) is 8.78. The summed E-state index contributed by atoms with van der Waals surface area (Å²) in [6, 6.07) is 23.5. The van der Waals surface area contributed by atoms with E-state index in [4.69, 9.17) is 10.5 Å². The molecule has 0 aliphatic heterocycles. The van der Waals surface area contributed by atoms with Crippen molar-refractivity contribution in [3.63, 3.8) is 0 Å². The van der Waals surface area contributed by atoms with Crippen molar-refractivity contribution in [1.82, 2.24) is 14.5 Å². The van der Waals surface area contributed by atoms with Crippen molar-refractivity contribution in [2.75, 3.05) is 18.9 Å². The van der Waals surface area contributed by atoms with E-state index in [1.807, 2.05) is 59.2 Å². The number of nitrogens with zero attached hydrogens (tertiary/aromatic N) is 3. The van der Waals surface area contributed by atoms with Crippen molar-refractivity contribution in [1.29, 1.82) is 0 Å². The Labute approximate surface area is 209 Å². The molecule has 0 saturated heterocycles. The Bertz CT molecular complexity index is 1510. The fourth-order valence-corrected chi connectivity index (χ4v) is 4.70. The Morgan fingerprint density at radius 1 is 0.972 bits per heavy atom. The van der Waals surface area contributed by atoms with Crippen molar-refractivity contribution >= 4 is 33.7 Å². The Hall–Kier alpha value is -4.23. The molecule has 5 rings (SSSR count). The smallest absolute Gasteiger partial charge is 0.335 e. The molecule has 0 aliphatic rings. The molecule has 0 spiro atoms. The molecular weight excluding hydrogens is 452 g/mol. The summed E-state index contributed by atoms with van der Waals surface area (Å²) in [5, 5.41) is 10.7. The molecule has 0 saturated carbocycles. The van der Waals surface area contributed by atoms with Crippen LogP contribution in [0.3, 0.4) is 0 Å². The molecule has 7 nitrogen and oxygen atoms in total. The molecule has 0 aliphatic carbocycles. The van der Waals surface area contributed by atoms with Crippen LogP contribution in [0.25, 0.3) is 21.9 Å². The molecule has 2 heterocycles. The Kier molecular flexibility index (Phi) is 6.91. The van der Waals surface area contributed by atoms with Crippen molar-refractivity contribution < 1.29 is 14.6 Å². The molecule has 36 heavy (non-hydrogen) atoms. The van der Waals surface area contributed by atoms with Gasteiger partial charge in [-0.2, -0.15) is 0 Å². The molecular formula is C29H28N4O3. The van der Waals surface area contributed by atoms with Crippen LogP contribution in [-0.2, 0) is 24.1 Å². The third kappa shape index (κ3) is 4.92. The summed E-state index contributed by atoms with van der Waals surface area (Å²) >= 11 is 0. The van der Waals surface area contributed by atoms with Gasteiger partial charge in [0.15, 0.2) is 5.82 Å². The Morgan fingerprint density at radius 2 is 1.78 bits per heavy atom. The summed E-state index contributed by atoms with van der Waals surface area (Å²) in [6.45, 7) is 1.68. The van der Waals surface area contributed by atoms with Gasteiger partial charge in [0.2, 0.25) is 0 Å². The van der Waals surface area contributed by atoms with Crippen LogP contribution in [0.5, 0.6) is 0 Å². The number of ether oxygens (including phenoxy) is 1. The fourth-order valence-electron chi connectivity index (χ4n) is 4.70. The van der Waals surface area contributed by atoms with E-state index in [1.165, 1.54) is 0 Å². The summed E-state index contributed by atoms with van der Waals surface area (Å²) in [4.78, 5) is 20.8. The van der Waals surface area contributed by atoms with Crippen LogP contribution in [0.15, 0.2) is 79.1 Å². The van der Waals surface area contributed by atoms with E-state index in [9.17, 15) is 9.90 Å². The first kappa shape index (κ1) is 23.5. The number of hydrogen-bond acceptors (Lipinski definition) is 5. The van der Waals surface area contributed by atoms with Crippen LogP contribution in [0, 0.1) is 0 Å². The Balaban J connectivity index is 1.22. The van der Waals surface area contributed by atoms with E-state index in [1.54, 1.807) is 12.4 Å². The van der Waals surface area contributed by atoms with Crippen LogP contribution < -0.4 is 5.73 Å². The lowest BCUT2D eigenvalue weighted by atomic mass is 9.93. The van der Waals surface area contributed by atoms with Gasteiger partial charge in [0.05, 0.1) is 29.5 Å². The number of anilines is 1. The number of hydrogen-bond donors (Lipinski definition) is 2.